The molecule has 0 heterocycles. The van der Waals surface area contributed by atoms with Crippen LogP contribution in [0, 0.1) is 0 Å². The Balaban J connectivity index is 2.24. The summed E-state index contributed by atoms with van der Waals surface area (Å²) in [7, 11) is 1.41. The van der Waals surface area contributed by atoms with Gasteiger partial charge in [0, 0.05) is 19.5 Å². The number of rotatable bonds is 7. The molecule has 0 radical (unpaired) electrons. The van der Waals surface area contributed by atoms with E-state index in [1.807, 2.05) is 30.3 Å². The van der Waals surface area contributed by atoms with E-state index in [0.717, 1.165) is 5.56 Å². The highest BCUT2D eigenvalue weighted by atomic mass is 16.5. The summed E-state index contributed by atoms with van der Waals surface area (Å²) in [6.45, 7) is 1.94. The van der Waals surface area contributed by atoms with E-state index in [0.29, 0.717) is 6.42 Å². The topological polar surface area (TPSA) is 84.5 Å². The highest BCUT2D eigenvalue weighted by Gasteiger charge is 2.14. The molecular formula is C15H20N2O4. The number of hydrogen-bond acceptors (Lipinski definition) is 4. The number of carbonyl (C=O) groups excluding carboxylic acids is 3. The van der Waals surface area contributed by atoms with Gasteiger partial charge in [-0.1, -0.05) is 30.3 Å². The Morgan fingerprint density at radius 1 is 1.19 bits per heavy atom. The number of ether oxygens (including phenoxy) is 1. The zero-order chi connectivity index (χ0) is 15.7. The Labute approximate surface area is 123 Å². The molecule has 0 unspecified atom stereocenters. The standard InChI is InChI=1S/C15H20N2O4/c1-11(8-9-13(18)14(19)16-2)17-15(20)21-10-12-6-4-3-5-7-12/h3-7,11H,8-10H2,1-2H3,(H,16,19)(H,17,20)/t11-/m1/s1. The van der Waals surface area contributed by atoms with Crippen LogP contribution in [-0.2, 0) is 20.9 Å². The molecule has 114 valence electrons. The summed E-state index contributed by atoms with van der Waals surface area (Å²) in [5, 5.41) is 4.88. The van der Waals surface area contributed by atoms with E-state index in [-0.39, 0.29) is 19.1 Å². The lowest BCUT2D eigenvalue weighted by Crippen LogP contribution is -2.34. The molecule has 0 fully saturated rings. The molecule has 0 aliphatic rings. The minimum Gasteiger partial charge on any atom is -0.445 e. The van der Waals surface area contributed by atoms with Crippen LogP contribution in [0.15, 0.2) is 30.3 Å². The number of hydrogen-bond donors (Lipinski definition) is 2. The zero-order valence-electron chi connectivity index (χ0n) is 12.2. The molecule has 0 saturated carbocycles. The van der Waals surface area contributed by atoms with E-state index in [1.54, 1.807) is 6.92 Å². The molecule has 0 bridgehead atoms. The molecule has 6 nitrogen and oxygen atoms in total. The summed E-state index contributed by atoms with van der Waals surface area (Å²) in [5.74, 6) is -1.11. The summed E-state index contributed by atoms with van der Waals surface area (Å²) in [4.78, 5) is 33.9. The molecule has 0 aliphatic heterocycles. The number of ketones is 1. The van der Waals surface area contributed by atoms with Crippen LogP contribution in [0.4, 0.5) is 4.79 Å². The van der Waals surface area contributed by atoms with Gasteiger partial charge in [0.1, 0.15) is 6.61 Å². The van der Waals surface area contributed by atoms with Crippen molar-refractivity contribution in [2.45, 2.75) is 32.4 Å². The van der Waals surface area contributed by atoms with E-state index in [2.05, 4.69) is 10.6 Å². The minimum absolute atomic E-state index is 0.0831. The number of alkyl carbamates (subject to hydrolysis) is 1. The van der Waals surface area contributed by atoms with Crippen LogP contribution < -0.4 is 10.6 Å². The molecule has 2 N–H and O–H groups in total. The molecule has 0 aromatic heterocycles. The predicted molar refractivity (Wildman–Crippen MR) is 77.5 cm³/mol. The van der Waals surface area contributed by atoms with Crippen molar-refractivity contribution in [3.63, 3.8) is 0 Å². The lowest BCUT2D eigenvalue weighted by atomic mass is 10.1. The number of likely N-dealkylation sites (N-methyl/N-ethyl adjacent to an activating group) is 1. The van der Waals surface area contributed by atoms with Crippen molar-refractivity contribution < 1.29 is 19.1 Å². The van der Waals surface area contributed by atoms with Crippen molar-refractivity contribution in [1.29, 1.82) is 0 Å². The van der Waals surface area contributed by atoms with Crippen molar-refractivity contribution >= 4 is 17.8 Å². The van der Waals surface area contributed by atoms with Crippen LogP contribution in [0.2, 0.25) is 0 Å². The monoisotopic (exact) mass is 292 g/mol. The van der Waals surface area contributed by atoms with Crippen molar-refractivity contribution in [2.24, 2.45) is 0 Å². The third-order valence-electron chi connectivity index (χ3n) is 2.86. The van der Waals surface area contributed by atoms with Gasteiger partial charge in [-0.05, 0) is 18.9 Å². The molecule has 21 heavy (non-hydrogen) atoms. The first kappa shape index (κ1) is 16.7. The molecule has 2 amide bonds. The third-order valence-corrected chi connectivity index (χ3v) is 2.86. The third kappa shape index (κ3) is 6.56. The van der Waals surface area contributed by atoms with Gasteiger partial charge in [-0.25, -0.2) is 4.79 Å². The smallest absolute Gasteiger partial charge is 0.407 e. The largest absolute Gasteiger partial charge is 0.445 e. The number of nitrogens with one attached hydrogen (secondary N) is 2. The van der Waals surface area contributed by atoms with E-state index in [9.17, 15) is 14.4 Å². The Morgan fingerprint density at radius 3 is 2.48 bits per heavy atom. The molecule has 1 atom stereocenters. The Morgan fingerprint density at radius 2 is 1.86 bits per heavy atom. The second kappa shape index (κ2) is 8.73. The maximum absolute atomic E-state index is 11.6. The fraction of sp³-hybridized carbons (Fsp3) is 0.400. The number of Topliss-reactive ketones (excluding diaryl/α,β-unsaturated/α-hetero) is 1. The van der Waals surface area contributed by atoms with Gasteiger partial charge in [-0.15, -0.1) is 0 Å². The Hall–Kier alpha value is -2.37. The van der Waals surface area contributed by atoms with Gasteiger partial charge >= 0.3 is 6.09 Å². The predicted octanol–water partition coefficient (Wildman–Crippen LogP) is 1.40. The molecule has 6 heteroatoms. The van der Waals surface area contributed by atoms with E-state index in [1.165, 1.54) is 7.05 Å². The fourth-order valence-electron chi connectivity index (χ4n) is 1.64. The normalized spacial score (nSPS) is 11.3. The second-order valence-electron chi connectivity index (χ2n) is 4.65. The second-order valence-corrected chi connectivity index (χ2v) is 4.65. The van der Waals surface area contributed by atoms with Crippen LogP contribution >= 0.6 is 0 Å². The number of amides is 2. The maximum Gasteiger partial charge on any atom is 0.407 e. The van der Waals surface area contributed by atoms with Crippen LogP contribution in [0.25, 0.3) is 0 Å². The lowest BCUT2D eigenvalue weighted by molar-refractivity contribution is -0.137. The van der Waals surface area contributed by atoms with Crippen molar-refractivity contribution in [2.75, 3.05) is 7.05 Å². The van der Waals surface area contributed by atoms with E-state index < -0.39 is 17.8 Å². The van der Waals surface area contributed by atoms with Crippen molar-refractivity contribution in [3.05, 3.63) is 35.9 Å². The average molecular weight is 292 g/mol. The quantitative estimate of drug-likeness (QED) is 0.744. The first-order chi connectivity index (χ1) is 10.0. The maximum atomic E-state index is 11.6. The van der Waals surface area contributed by atoms with E-state index in [4.69, 9.17) is 4.74 Å². The number of carbonyl (C=O) groups is 3. The van der Waals surface area contributed by atoms with E-state index >= 15 is 0 Å². The van der Waals surface area contributed by atoms with Crippen molar-refractivity contribution in [1.82, 2.24) is 10.6 Å². The van der Waals surface area contributed by atoms with Gasteiger partial charge in [0.2, 0.25) is 5.78 Å². The van der Waals surface area contributed by atoms with Gasteiger partial charge in [-0.3, -0.25) is 9.59 Å². The minimum atomic E-state index is -0.617. The van der Waals surface area contributed by atoms with Crippen LogP contribution in [0.3, 0.4) is 0 Å². The van der Waals surface area contributed by atoms with Crippen molar-refractivity contribution in [3.8, 4) is 0 Å². The Bertz CT molecular complexity index is 488. The first-order valence-corrected chi connectivity index (χ1v) is 6.75. The van der Waals surface area contributed by atoms with Gasteiger partial charge in [0.15, 0.2) is 0 Å². The molecule has 0 saturated heterocycles. The van der Waals surface area contributed by atoms with Gasteiger partial charge in [0.25, 0.3) is 5.91 Å². The van der Waals surface area contributed by atoms with Crippen LogP contribution in [0.1, 0.15) is 25.3 Å². The first-order valence-electron chi connectivity index (χ1n) is 6.75. The van der Waals surface area contributed by atoms with Gasteiger partial charge in [-0.2, -0.15) is 0 Å². The molecule has 0 aliphatic carbocycles. The lowest BCUT2D eigenvalue weighted by Gasteiger charge is -2.13. The van der Waals surface area contributed by atoms with Gasteiger partial charge < -0.3 is 15.4 Å². The molecular weight excluding hydrogens is 272 g/mol. The summed E-state index contributed by atoms with van der Waals surface area (Å²) < 4.78 is 5.06. The summed E-state index contributed by atoms with van der Waals surface area (Å²) in [6, 6.07) is 9.08. The Kier molecular flexibility index (Phi) is 6.94. The number of benzene rings is 1. The SMILES string of the molecule is CNC(=O)C(=O)CC[C@@H](C)NC(=O)OCc1ccccc1. The highest BCUT2D eigenvalue weighted by Crippen LogP contribution is 2.02. The van der Waals surface area contributed by atoms with Crippen LogP contribution in [-0.4, -0.2) is 30.9 Å². The molecule has 1 aromatic carbocycles. The van der Waals surface area contributed by atoms with Crippen LogP contribution in [0.5, 0.6) is 0 Å². The molecule has 0 spiro atoms. The average Bonchev–Trinajstić information content (AvgIpc) is 2.50. The zero-order valence-corrected chi connectivity index (χ0v) is 12.2. The molecule has 1 aromatic rings. The van der Waals surface area contributed by atoms with Gasteiger partial charge in [0.05, 0.1) is 0 Å². The fourth-order valence-corrected chi connectivity index (χ4v) is 1.64. The summed E-state index contributed by atoms with van der Waals surface area (Å²) in [6.07, 6.45) is -0.0781. The molecule has 1 rings (SSSR count). The summed E-state index contributed by atoms with van der Waals surface area (Å²) >= 11 is 0. The highest BCUT2D eigenvalue weighted by molar-refractivity contribution is 6.36. The summed E-state index contributed by atoms with van der Waals surface area (Å²) in [5.41, 5.74) is 0.898.